The van der Waals surface area contributed by atoms with Gasteiger partial charge in [0.2, 0.25) is 0 Å². The van der Waals surface area contributed by atoms with Crippen LogP contribution in [0.15, 0.2) is 22.7 Å². The maximum atomic E-state index is 13.0. The Kier molecular flexibility index (Phi) is 1.72. The van der Waals surface area contributed by atoms with E-state index in [0.29, 0.717) is 6.42 Å². The molecule has 2 rings (SSSR count). The minimum absolute atomic E-state index is 0.659. The Morgan fingerprint density at radius 2 is 2.27 bits per heavy atom. The summed E-state index contributed by atoms with van der Waals surface area (Å²) in [6, 6.07) is 5.78. The van der Waals surface area contributed by atoms with Crippen LogP contribution in [0.4, 0.5) is 4.39 Å². The monoisotopic (exact) mass is 214 g/mol. The molecule has 0 amide bonds. The van der Waals surface area contributed by atoms with Gasteiger partial charge in [-0.15, -0.1) is 0 Å². The van der Waals surface area contributed by atoms with E-state index in [0.717, 1.165) is 22.0 Å². The van der Waals surface area contributed by atoms with Crippen molar-refractivity contribution in [2.24, 2.45) is 0 Å². The summed E-state index contributed by atoms with van der Waals surface area (Å²) >= 11 is 3.36. The standard InChI is InChI=1S/C9H8BrF/c10-7-2-3-8-6(5-7)1-4-9(8)11/h2-3,5,9H,1,4H2. The third kappa shape index (κ3) is 1.20. The van der Waals surface area contributed by atoms with Crippen LogP contribution in [0.3, 0.4) is 0 Å². The van der Waals surface area contributed by atoms with Gasteiger partial charge >= 0.3 is 0 Å². The van der Waals surface area contributed by atoms with E-state index in [9.17, 15) is 4.39 Å². The van der Waals surface area contributed by atoms with Crippen molar-refractivity contribution < 1.29 is 4.39 Å². The molecule has 1 atom stereocenters. The van der Waals surface area contributed by atoms with Gasteiger partial charge in [0.25, 0.3) is 0 Å². The van der Waals surface area contributed by atoms with Crippen LogP contribution in [0.5, 0.6) is 0 Å². The maximum Gasteiger partial charge on any atom is 0.126 e. The molecule has 0 bridgehead atoms. The molecule has 58 valence electrons. The number of aryl methyl sites for hydroxylation is 1. The Balaban J connectivity index is 2.50. The van der Waals surface area contributed by atoms with Gasteiger partial charge in [0, 0.05) is 4.47 Å². The fourth-order valence-electron chi connectivity index (χ4n) is 1.53. The minimum atomic E-state index is -0.724. The second-order valence-electron chi connectivity index (χ2n) is 2.85. The summed E-state index contributed by atoms with van der Waals surface area (Å²) in [6.45, 7) is 0. The van der Waals surface area contributed by atoms with Crippen LogP contribution in [0.1, 0.15) is 23.7 Å². The zero-order valence-electron chi connectivity index (χ0n) is 5.98. The van der Waals surface area contributed by atoms with Crippen LogP contribution >= 0.6 is 15.9 Å². The second-order valence-corrected chi connectivity index (χ2v) is 3.77. The lowest BCUT2D eigenvalue weighted by Gasteiger charge is -2.00. The molecular weight excluding hydrogens is 207 g/mol. The highest BCUT2D eigenvalue weighted by atomic mass is 79.9. The zero-order chi connectivity index (χ0) is 7.84. The molecule has 0 radical (unpaired) electrons. The highest BCUT2D eigenvalue weighted by molar-refractivity contribution is 9.10. The van der Waals surface area contributed by atoms with Gasteiger partial charge in [0.15, 0.2) is 0 Å². The van der Waals surface area contributed by atoms with Crippen LogP contribution in [0, 0.1) is 0 Å². The fourth-order valence-corrected chi connectivity index (χ4v) is 1.94. The van der Waals surface area contributed by atoms with Gasteiger partial charge in [-0.3, -0.25) is 0 Å². The first-order chi connectivity index (χ1) is 5.27. The first kappa shape index (κ1) is 7.29. The maximum absolute atomic E-state index is 13.0. The lowest BCUT2D eigenvalue weighted by atomic mass is 10.1. The quantitative estimate of drug-likeness (QED) is 0.622. The van der Waals surface area contributed by atoms with Gasteiger partial charge in [-0.2, -0.15) is 0 Å². The smallest absolute Gasteiger partial charge is 0.126 e. The fraction of sp³-hybridized carbons (Fsp3) is 0.333. The van der Waals surface area contributed by atoms with Crippen molar-refractivity contribution >= 4 is 15.9 Å². The van der Waals surface area contributed by atoms with Gasteiger partial charge in [-0.25, -0.2) is 4.39 Å². The van der Waals surface area contributed by atoms with Gasteiger partial charge in [-0.05, 0) is 36.1 Å². The number of halogens is 2. The van der Waals surface area contributed by atoms with Crippen LogP contribution in [-0.4, -0.2) is 0 Å². The van der Waals surface area contributed by atoms with E-state index >= 15 is 0 Å². The number of fused-ring (bicyclic) bond motifs is 1. The molecule has 0 aliphatic heterocycles. The predicted molar refractivity (Wildman–Crippen MR) is 46.3 cm³/mol. The molecule has 0 fully saturated rings. The Hall–Kier alpha value is -0.370. The lowest BCUT2D eigenvalue weighted by molar-refractivity contribution is 0.344. The van der Waals surface area contributed by atoms with Crippen molar-refractivity contribution in [3.63, 3.8) is 0 Å². The van der Waals surface area contributed by atoms with E-state index < -0.39 is 6.17 Å². The summed E-state index contributed by atoms with van der Waals surface area (Å²) in [5.41, 5.74) is 2.04. The number of hydrogen-bond acceptors (Lipinski definition) is 0. The number of hydrogen-bond donors (Lipinski definition) is 0. The first-order valence-corrected chi connectivity index (χ1v) is 4.49. The van der Waals surface area contributed by atoms with Gasteiger partial charge in [0.05, 0.1) is 0 Å². The minimum Gasteiger partial charge on any atom is -0.242 e. The highest BCUT2D eigenvalue weighted by Crippen LogP contribution is 2.35. The molecule has 0 spiro atoms. The first-order valence-electron chi connectivity index (χ1n) is 3.70. The average Bonchev–Trinajstić information content (AvgIpc) is 2.32. The lowest BCUT2D eigenvalue weighted by Crippen LogP contribution is -1.83. The van der Waals surface area contributed by atoms with Crippen LogP contribution in [-0.2, 0) is 6.42 Å². The van der Waals surface area contributed by atoms with Gasteiger partial charge in [0.1, 0.15) is 6.17 Å². The summed E-state index contributed by atoms with van der Waals surface area (Å²) in [5, 5.41) is 0. The Bertz CT molecular complexity index is 283. The SMILES string of the molecule is FC1CCc2cc(Br)ccc21. The van der Waals surface area contributed by atoms with E-state index in [1.54, 1.807) is 0 Å². The third-order valence-electron chi connectivity index (χ3n) is 2.11. The molecule has 0 saturated carbocycles. The molecule has 0 nitrogen and oxygen atoms in total. The Morgan fingerprint density at radius 1 is 1.45 bits per heavy atom. The molecule has 0 saturated heterocycles. The molecule has 1 aliphatic carbocycles. The molecule has 1 aliphatic rings. The van der Waals surface area contributed by atoms with Crippen molar-refractivity contribution in [2.75, 3.05) is 0 Å². The normalized spacial score (nSPS) is 21.8. The average molecular weight is 215 g/mol. The molecule has 0 aromatic heterocycles. The molecule has 1 aromatic carbocycles. The summed E-state index contributed by atoms with van der Waals surface area (Å²) < 4.78 is 14.1. The summed E-state index contributed by atoms with van der Waals surface area (Å²) in [4.78, 5) is 0. The summed E-state index contributed by atoms with van der Waals surface area (Å²) in [7, 11) is 0. The second kappa shape index (κ2) is 2.59. The van der Waals surface area contributed by atoms with Crippen LogP contribution in [0.25, 0.3) is 0 Å². The van der Waals surface area contributed by atoms with Crippen molar-refractivity contribution in [2.45, 2.75) is 19.0 Å². The number of benzene rings is 1. The van der Waals surface area contributed by atoms with Crippen molar-refractivity contribution in [3.8, 4) is 0 Å². The summed E-state index contributed by atoms with van der Waals surface area (Å²) in [6.07, 6.45) is 0.819. The van der Waals surface area contributed by atoms with Crippen LogP contribution < -0.4 is 0 Å². The van der Waals surface area contributed by atoms with E-state index in [4.69, 9.17) is 0 Å². The summed E-state index contributed by atoms with van der Waals surface area (Å²) in [5.74, 6) is 0. The molecule has 11 heavy (non-hydrogen) atoms. The molecule has 0 N–H and O–H groups in total. The Morgan fingerprint density at radius 3 is 3.09 bits per heavy atom. The van der Waals surface area contributed by atoms with E-state index in [-0.39, 0.29) is 0 Å². The van der Waals surface area contributed by atoms with Gasteiger partial charge < -0.3 is 0 Å². The molecular formula is C9H8BrF. The Labute approximate surface area is 73.6 Å². The largest absolute Gasteiger partial charge is 0.242 e. The van der Waals surface area contributed by atoms with E-state index in [1.807, 2.05) is 18.2 Å². The highest BCUT2D eigenvalue weighted by Gasteiger charge is 2.21. The van der Waals surface area contributed by atoms with Crippen LogP contribution in [0.2, 0.25) is 0 Å². The topological polar surface area (TPSA) is 0 Å². The number of rotatable bonds is 0. The number of alkyl halides is 1. The van der Waals surface area contributed by atoms with Crippen molar-refractivity contribution in [1.82, 2.24) is 0 Å². The van der Waals surface area contributed by atoms with E-state index in [2.05, 4.69) is 15.9 Å². The third-order valence-corrected chi connectivity index (χ3v) is 2.60. The molecule has 1 unspecified atom stereocenters. The van der Waals surface area contributed by atoms with Gasteiger partial charge in [-0.1, -0.05) is 22.0 Å². The van der Waals surface area contributed by atoms with E-state index in [1.165, 1.54) is 0 Å². The zero-order valence-corrected chi connectivity index (χ0v) is 7.57. The predicted octanol–water partition coefficient (Wildman–Crippen LogP) is 3.41. The molecule has 2 heteroatoms. The molecule has 0 heterocycles. The van der Waals surface area contributed by atoms with Crippen molar-refractivity contribution in [1.29, 1.82) is 0 Å². The van der Waals surface area contributed by atoms with Crippen molar-refractivity contribution in [3.05, 3.63) is 33.8 Å². The molecule has 1 aromatic rings.